The molecule has 36 heavy (non-hydrogen) atoms. The fourth-order valence-corrected chi connectivity index (χ4v) is 9.49. The van der Waals surface area contributed by atoms with Gasteiger partial charge >= 0.3 is 33.4 Å². The van der Waals surface area contributed by atoms with Crippen LogP contribution in [0.3, 0.4) is 0 Å². The van der Waals surface area contributed by atoms with Crippen molar-refractivity contribution < 1.29 is 51.6 Å². The molecule has 0 fully saturated rings. The quantitative estimate of drug-likeness (QED) is 0.241. The number of hydrogen-bond acceptors (Lipinski definition) is 3. The second kappa shape index (κ2) is 10.6. The van der Waals surface area contributed by atoms with E-state index in [2.05, 4.69) is 0 Å². The van der Waals surface area contributed by atoms with Gasteiger partial charge in [0.25, 0.3) is 0 Å². The van der Waals surface area contributed by atoms with E-state index in [0.717, 1.165) is 0 Å². The van der Waals surface area contributed by atoms with Crippen LogP contribution in [0.2, 0.25) is 0 Å². The van der Waals surface area contributed by atoms with Crippen molar-refractivity contribution in [2.24, 2.45) is 0 Å². The molecule has 2 aromatic rings. The van der Waals surface area contributed by atoms with Crippen LogP contribution >= 0.6 is 10.3 Å². The Morgan fingerprint density at radius 1 is 0.722 bits per heavy atom. The van der Waals surface area contributed by atoms with Gasteiger partial charge in [-0.3, -0.25) is 0 Å². The zero-order chi connectivity index (χ0) is 27.6. The first-order chi connectivity index (χ1) is 16.4. The molecular weight excluding hydrogens is 547 g/mol. The minimum Gasteiger partial charge on any atom is -0.211 e. The Bertz CT molecular complexity index is 1140. The van der Waals surface area contributed by atoms with Gasteiger partial charge in [-0.1, -0.05) is 73.4 Å². The summed E-state index contributed by atoms with van der Waals surface area (Å²) in [5.41, 5.74) is 0. The molecule has 14 heteroatoms. The van der Waals surface area contributed by atoms with Crippen molar-refractivity contribution in [3.8, 4) is 0 Å². The number of fused-ring (bicyclic) bond motifs is 1. The smallest absolute Gasteiger partial charge is 0.211 e. The number of halogens is 9. The number of alkyl halides is 9. The van der Waals surface area contributed by atoms with Gasteiger partial charge in [-0.05, 0) is 29.7 Å². The molecule has 0 bridgehead atoms. The predicted molar refractivity (Wildman–Crippen MR) is 120 cm³/mol. The molecule has 0 aromatic heterocycles. The molecule has 206 valence electrons. The maximum atomic E-state index is 14.6. The highest BCUT2D eigenvalue weighted by Crippen LogP contribution is 2.64. The van der Waals surface area contributed by atoms with Gasteiger partial charge in [-0.2, -0.15) is 47.9 Å². The highest BCUT2D eigenvalue weighted by Gasteiger charge is 2.86. The van der Waals surface area contributed by atoms with Gasteiger partial charge in [0, 0.05) is 16.4 Å². The maximum absolute atomic E-state index is 14.6. The van der Waals surface area contributed by atoms with Crippen molar-refractivity contribution in [2.75, 3.05) is 11.5 Å². The molecule has 0 unspecified atom stereocenters. The topological polar surface area (TPSA) is 43.4 Å². The molecule has 2 aromatic carbocycles. The van der Waals surface area contributed by atoms with Crippen LogP contribution in [0.25, 0.3) is 10.8 Å². The summed E-state index contributed by atoms with van der Waals surface area (Å²) in [6, 6.07) is 10.7. The van der Waals surface area contributed by atoms with Crippen molar-refractivity contribution >= 4 is 31.2 Å². The summed E-state index contributed by atoms with van der Waals surface area (Å²) in [5.74, 6) is -15.2. The van der Waals surface area contributed by atoms with E-state index in [1.807, 2.05) is 0 Å². The summed E-state index contributed by atoms with van der Waals surface area (Å²) < 4.78 is 152. The van der Waals surface area contributed by atoms with Gasteiger partial charge in [0.2, 0.25) is 0 Å². The lowest BCUT2D eigenvalue weighted by molar-refractivity contribution is -0.382. The van der Waals surface area contributed by atoms with Gasteiger partial charge in [-0.25, -0.2) is 3.63 Å². The third kappa shape index (κ3) is 5.31. The molecular formula is C22H25F9O3S2. The van der Waals surface area contributed by atoms with Gasteiger partial charge in [0.15, 0.2) is 0 Å². The monoisotopic (exact) mass is 572 g/mol. The number of benzene rings is 2. The predicted octanol–water partition coefficient (Wildman–Crippen LogP) is 8.29. The molecule has 0 amide bonds. The van der Waals surface area contributed by atoms with Crippen molar-refractivity contribution in [2.45, 2.75) is 67.7 Å². The Morgan fingerprint density at radius 2 is 1.22 bits per heavy atom. The normalized spacial score (nSPS) is 14.9. The SMILES string of the molecule is CCCCS(CCCC)(OS(=O)(=O)C(F)(F)C(F)(F)C(F)(F)C(F)(F)F)c1cccc2ccccc12. The third-order valence-electron chi connectivity index (χ3n) is 5.46. The molecule has 0 N–H and O–H groups in total. The number of unbranched alkanes of at least 4 members (excludes halogenated alkanes) is 2. The lowest BCUT2D eigenvalue weighted by Gasteiger charge is -2.41. The fraction of sp³-hybridized carbons (Fsp3) is 0.545. The molecule has 0 radical (unpaired) electrons. The van der Waals surface area contributed by atoms with Crippen molar-refractivity contribution in [1.29, 1.82) is 0 Å². The van der Waals surface area contributed by atoms with E-state index in [1.165, 1.54) is 18.2 Å². The Balaban J connectivity index is 2.77. The molecule has 0 aliphatic heterocycles. The van der Waals surface area contributed by atoms with E-state index in [-0.39, 0.29) is 29.2 Å². The van der Waals surface area contributed by atoms with Crippen LogP contribution in [-0.2, 0) is 13.7 Å². The third-order valence-corrected chi connectivity index (χ3v) is 11.2. The van der Waals surface area contributed by atoms with Crippen molar-refractivity contribution in [3.05, 3.63) is 42.5 Å². The summed E-state index contributed by atoms with van der Waals surface area (Å²) in [7, 11) is -10.5. The van der Waals surface area contributed by atoms with Crippen LogP contribution < -0.4 is 0 Å². The van der Waals surface area contributed by atoms with Crippen molar-refractivity contribution in [1.82, 2.24) is 0 Å². The average molecular weight is 573 g/mol. The molecule has 2 rings (SSSR count). The zero-order valence-corrected chi connectivity index (χ0v) is 20.9. The maximum Gasteiger partial charge on any atom is 0.460 e. The van der Waals surface area contributed by atoms with Gasteiger partial charge in [0.05, 0.1) is 0 Å². The molecule has 0 aliphatic rings. The Morgan fingerprint density at radius 3 is 1.72 bits per heavy atom. The summed E-state index contributed by atoms with van der Waals surface area (Å²) in [4.78, 5) is 0.0905. The molecule has 0 aliphatic carbocycles. The number of rotatable bonds is 12. The van der Waals surface area contributed by atoms with Gasteiger partial charge in [0.1, 0.15) is 0 Å². The molecule has 0 saturated heterocycles. The van der Waals surface area contributed by atoms with Gasteiger partial charge < -0.3 is 0 Å². The van der Waals surface area contributed by atoms with Gasteiger partial charge in [-0.15, -0.1) is 0 Å². The second-order valence-electron chi connectivity index (χ2n) is 8.09. The van der Waals surface area contributed by atoms with Crippen LogP contribution in [0.15, 0.2) is 47.4 Å². The Labute approximate surface area is 204 Å². The summed E-state index contributed by atoms with van der Waals surface area (Å²) >= 11 is 0. The van der Waals surface area contributed by atoms with E-state index >= 15 is 0 Å². The molecule has 0 spiro atoms. The van der Waals surface area contributed by atoms with Crippen LogP contribution in [-0.4, -0.2) is 43.2 Å². The van der Waals surface area contributed by atoms with Crippen LogP contribution in [0, 0.1) is 0 Å². The van der Waals surface area contributed by atoms with Crippen LogP contribution in [0.4, 0.5) is 39.5 Å². The summed E-state index contributed by atoms with van der Waals surface area (Å²) in [6.07, 6.45) is -6.00. The largest absolute Gasteiger partial charge is 0.460 e. The van der Waals surface area contributed by atoms with E-state index in [1.54, 1.807) is 38.1 Å². The second-order valence-corrected chi connectivity index (χ2v) is 12.9. The van der Waals surface area contributed by atoms with E-state index in [9.17, 15) is 47.9 Å². The minimum atomic E-state index is -7.36. The molecule has 3 nitrogen and oxygen atoms in total. The summed E-state index contributed by atoms with van der Waals surface area (Å²) in [6.45, 7) is 3.35. The van der Waals surface area contributed by atoms with E-state index in [4.69, 9.17) is 3.63 Å². The Kier molecular flexibility index (Phi) is 9.00. The molecule has 0 saturated carbocycles. The first kappa shape index (κ1) is 30.6. The number of hydrogen-bond donors (Lipinski definition) is 0. The zero-order valence-electron chi connectivity index (χ0n) is 19.2. The first-order valence-electron chi connectivity index (χ1n) is 10.8. The highest BCUT2D eigenvalue weighted by molar-refractivity contribution is 8.33. The first-order valence-corrected chi connectivity index (χ1v) is 14.1. The van der Waals surface area contributed by atoms with Crippen LogP contribution in [0.5, 0.6) is 0 Å². The highest BCUT2D eigenvalue weighted by atomic mass is 32.3. The van der Waals surface area contributed by atoms with Crippen molar-refractivity contribution in [3.63, 3.8) is 0 Å². The molecule has 0 heterocycles. The minimum absolute atomic E-state index is 0.0905. The summed E-state index contributed by atoms with van der Waals surface area (Å²) in [5, 5.41) is -6.02. The van der Waals surface area contributed by atoms with E-state index in [0.29, 0.717) is 23.6 Å². The van der Waals surface area contributed by atoms with Crippen LogP contribution in [0.1, 0.15) is 39.5 Å². The van der Waals surface area contributed by atoms with E-state index < -0.39 is 43.7 Å². The Hall–Kier alpha value is -1.67. The average Bonchev–Trinajstić information content (AvgIpc) is 2.79. The standard InChI is InChI=1S/C22H25F9O3S2/c1-3-5-14-35(15-6-4-2,18-13-9-11-16-10-7-8-12-17(16)18)34-36(32,33)22(30,31)20(25,26)19(23,24)21(27,28)29/h7-13H,3-6,14-15H2,1-2H3. The lowest BCUT2D eigenvalue weighted by Crippen LogP contribution is -2.63. The lowest BCUT2D eigenvalue weighted by atomic mass is 10.1. The fourth-order valence-electron chi connectivity index (χ4n) is 3.43. The molecule has 0 atom stereocenters.